The van der Waals surface area contributed by atoms with Crippen molar-refractivity contribution >= 4 is 17.4 Å². The predicted molar refractivity (Wildman–Crippen MR) is 48.1 cm³/mol. The van der Waals surface area contributed by atoms with Gasteiger partial charge in [-0.3, -0.25) is 4.79 Å². The van der Waals surface area contributed by atoms with E-state index in [9.17, 15) is 13.6 Å². The van der Waals surface area contributed by atoms with Crippen molar-refractivity contribution in [2.24, 2.45) is 0 Å². The van der Waals surface area contributed by atoms with Gasteiger partial charge in [0.05, 0.1) is 0 Å². The average molecular weight is 221 g/mol. The van der Waals surface area contributed by atoms with Crippen LogP contribution >= 0.6 is 11.6 Å². The molecule has 0 aromatic heterocycles. The van der Waals surface area contributed by atoms with Crippen molar-refractivity contribution < 1.29 is 18.3 Å². The lowest BCUT2D eigenvalue weighted by Crippen LogP contribution is -2.03. The molecule has 0 bridgehead atoms. The zero-order valence-corrected chi connectivity index (χ0v) is 8.02. The van der Waals surface area contributed by atoms with E-state index in [4.69, 9.17) is 11.6 Å². The maximum atomic E-state index is 11.8. The van der Waals surface area contributed by atoms with E-state index >= 15 is 0 Å². The van der Waals surface area contributed by atoms with Crippen molar-refractivity contribution in [2.45, 2.75) is 13.5 Å². The van der Waals surface area contributed by atoms with E-state index in [0.717, 1.165) is 0 Å². The number of hydrogen-bond acceptors (Lipinski definition) is 2. The van der Waals surface area contributed by atoms with E-state index in [-0.39, 0.29) is 22.1 Å². The molecule has 5 heteroatoms. The lowest BCUT2D eigenvalue weighted by Gasteiger charge is -2.06. The van der Waals surface area contributed by atoms with Gasteiger partial charge in [0, 0.05) is 10.6 Å². The Balaban J connectivity index is 3.01. The summed E-state index contributed by atoms with van der Waals surface area (Å²) in [5, 5.41) is 0.188. The van der Waals surface area contributed by atoms with Gasteiger partial charge in [-0.15, -0.1) is 0 Å². The molecule has 1 rings (SSSR count). The highest BCUT2D eigenvalue weighted by Crippen LogP contribution is 2.22. The molecule has 0 saturated carbocycles. The Hall–Kier alpha value is -1.16. The summed E-state index contributed by atoms with van der Waals surface area (Å²) >= 11 is 5.60. The molecule has 0 unspecified atom stereocenters. The average Bonchev–Trinajstić information content (AvgIpc) is 2.01. The van der Waals surface area contributed by atoms with Gasteiger partial charge in [-0.2, -0.15) is 8.78 Å². The van der Waals surface area contributed by atoms with E-state index in [0.29, 0.717) is 0 Å². The number of benzene rings is 1. The van der Waals surface area contributed by atoms with Gasteiger partial charge in [0.1, 0.15) is 5.75 Å². The van der Waals surface area contributed by atoms with Crippen molar-refractivity contribution in [3.8, 4) is 5.75 Å². The number of ketones is 1. The van der Waals surface area contributed by atoms with Crippen LogP contribution in [-0.4, -0.2) is 12.4 Å². The number of halogens is 3. The third-order valence-electron chi connectivity index (χ3n) is 1.50. The Morgan fingerprint density at radius 1 is 1.43 bits per heavy atom. The van der Waals surface area contributed by atoms with Crippen LogP contribution in [0.4, 0.5) is 8.78 Å². The second-order valence-electron chi connectivity index (χ2n) is 2.61. The number of carbonyl (C=O) groups excluding carboxylic acids is 1. The summed E-state index contributed by atoms with van der Waals surface area (Å²) in [6, 6.07) is 3.84. The molecule has 76 valence electrons. The van der Waals surface area contributed by atoms with Crippen molar-refractivity contribution in [1.82, 2.24) is 0 Å². The summed E-state index contributed by atoms with van der Waals surface area (Å²) in [6.07, 6.45) is 0. The van der Waals surface area contributed by atoms with Gasteiger partial charge in [0.25, 0.3) is 0 Å². The fourth-order valence-corrected chi connectivity index (χ4v) is 1.16. The highest BCUT2D eigenvalue weighted by atomic mass is 35.5. The molecular weight excluding hydrogens is 214 g/mol. The zero-order valence-electron chi connectivity index (χ0n) is 7.26. The van der Waals surface area contributed by atoms with Gasteiger partial charge in [0.2, 0.25) is 0 Å². The van der Waals surface area contributed by atoms with Crippen LogP contribution in [0.25, 0.3) is 0 Å². The van der Waals surface area contributed by atoms with Gasteiger partial charge < -0.3 is 4.74 Å². The van der Waals surface area contributed by atoms with E-state index < -0.39 is 6.61 Å². The van der Waals surface area contributed by atoms with Gasteiger partial charge in [0.15, 0.2) is 5.78 Å². The minimum atomic E-state index is -2.92. The molecule has 1 aromatic rings. The van der Waals surface area contributed by atoms with Crippen molar-refractivity contribution in [2.75, 3.05) is 0 Å². The minimum Gasteiger partial charge on any atom is -0.435 e. The minimum absolute atomic E-state index is 0.113. The summed E-state index contributed by atoms with van der Waals surface area (Å²) < 4.78 is 27.8. The van der Waals surface area contributed by atoms with E-state index in [1.807, 2.05) is 0 Å². The summed E-state index contributed by atoms with van der Waals surface area (Å²) in [7, 11) is 0. The van der Waals surface area contributed by atoms with Gasteiger partial charge in [-0.25, -0.2) is 0 Å². The van der Waals surface area contributed by atoms with Crippen molar-refractivity contribution in [1.29, 1.82) is 0 Å². The molecule has 0 atom stereocenters. The van der Waals surface area contributed by atoms with Crippen LogP contribution in [0.5, 0.6) is 5.75 Å². The maximum Gasteiger partial charge on any atom is 0.387 e. The van der Waals surface area contributed by atoms with Crippen LogP contribution in [0.2, 0.25) is 5.02 Å². The summed E-state index contributed by atoms with van der Waals surface area (Å²) in [4.78, 5) is 10.9. The number of Topliss-reactive ketones (excluding diaryl/α,β-unsaturated/α-hetero) is 1. The molecule has 0 amide bonds. The molecule has 0 spiro atoms. The standard InChI is InChI=1S/C9H7ClF2O2/c1-5(13)6-2-7(10)4-8(3-6)14-9(11)12/h2-4,9H,1H3. The fraction of sp³-hybridized carbons (Fsp3) is 0.222. The highest BCUT2D eigenvalue weighted by Gasteiger charge is 2.08. The molecule has 0 aliphatic carbocycles. The number of rotatable bonds is 3. The van der Waals surface area contributed by atoms with Gasteiger partial charge in [-0.05, 0) is 25.1 Å². The first-order valence-electron chi connectivity index (χ1n) is 3.75. The molecule has 1 aromatic carbocycles. The van der Waals surface area contributed by atoms with Crippen LogP contribution in [0, 0.1) is 0 Å². The first-order chi connectivity index (χ1) is 6.49. The van der Waals surface area contributed by atoms with Gasteiger partial charge in [-0.1, -0.05) is 11.6 Å². The van der Waals surface area contributed by atoms with E-state index in [2.05, 4.69) is 4.74 Å². The number of carbonyl (C=O) groups is 1. The van der Waals surface area contributed by atoms with Crippen LogP contribution in [0.1, 0.15) is 17.3 Å². The Kier molecular flexibility index (Phi) is 3.41. The van der Waals surface area contributed by atoms with Gasteiger partial charge >= 0.3 is 6.61 Å². The Morgan fingerprint density at radius 2 is 2.07 bits per heavy atom. The topological polar surface area (TPSA) is 26.3 Å². The van der Waals surface area contributed by atoms with Crippen LogP contribution in [-0.2, 0) is 0 Å². The molecule has 14 heavy (non-hydrogen) atoms. The fourth-order valence-electron chi connectivity index (χ4n) is 0.937. The first kappa shape index (κ1) is 10.9. The normalized spacial score (nSPS) is 10.4. The predicted octanol–water partition coefficient (Wildman–Crippen LogP) is 3.14. The second-order valence-corrected chi connectivity index (χ2v) is 3.05. The molecular formula is C9H7ClF2O2. The third-order valence-corrected chi connectivity index (χ3v) is 1.72. The van der Waals surface area contributed by atoms with Crippen molar-refractivity contribution in [3.05, 3.63) is 28.8 Å². The monoisotopic (exact) mass is 220 g/mol. The van der Waals surface area contributed by atoms with Crippen LogP contribution in [0.15, 0.2) is 18.2 Å². The Bertz CT molecular complexity index is 353. The first-order valence-corrected chi connectivity index (χ1v) is 4.13. The molecule has 0 aliphatic heterocycles. The number of hydrogen-bond donors (Lipinski definition) is 0. The molecule has 2 nitrogen and oxygen atoms in total. The van der Waals surface area contributed by atoms with Crippen molar-refractivity contribution in [3.63, 3.8) is 0 Å². The molecule has 0 saturated heterocycles. The highest BCUT2D eigenvalue weighted by molar-refractivity contribution is 6.31. The summed E-state index contributed by atoms with van der Waals surface area (Å²) in [5.74, 6) is -0.371. The van der Waals surface area contributed by atoms with Crippen LogP contribution < -0.4 is 4.74 Å². The Labute approximate surface area is 84.4 Å². The summed E-state index contributed by atoms with van der Waals surface area (Å²) in [5.41, 5.74) is 0.244. The molecule has 0 radical (unpaired) electrons. The maximum absolute atomic E-state index is 11.8. The third kappa shape index (κ3) is 2.96. The second kappa shape index (κ2) is 4.37. The van der Waals surface area contributed by atoms with E-state index in [1.165, 1.54) is 25.1 Å². The summed E-state index contributed by atoms with van der Waals surface area (Å²) in [6.45, 7) is -1.61. The smallest absolute Gasteiger partial charge is 0.387 e. The number of ether oxygens (including phenoxy) is 1. The van der Waals surface area contributed by atoms with Crippen LogP contribution in [0.3, 0.4) is 0 Å². The quantitative estimate of drug-likeness (QED) is 0.732. The lowest BCUT2D eigenvalue weighted by atomic mass is 10.1. The molecule has 0 aliphatic rings. The molecule has 0 N–H and O–H groups in total. The number of alkyl halides is 2. The SMILES string of the molecule is CC(=O)c1cc(Cl)cc(OC(F)F)c1. The molecule has 0 fully saturated rings. The van der Waals surface area contributed by atoms with E-state index in [1.54, 1.807) is 0 Å². The lowest BCUT2D eigenvalue weighted by molar-refractivity contribution is -0.0498. The zero-order chi connectivity index (χ0) is 10.7. The molecule has 0 heterocycles. The largest absolute Gasteiger partial charge is 0.435 e. The Morgan fingerprint density at radius 3 is 2.57 bits per heavy atom.